The number of fused-ring (bicyclic) bond motifs is 4. The Morgan fingerprint density at radius 1 is 0.432 bits per heavy atom. The van der Waals surface area contributed by atoms with Crippen LogP contribution < -0.4 is 46.4 Å². The minimum atomic E-state index is -3.23. The van der Waals surface area contributed by atoms with Gasteiger partial charge in [-0.25, -0.2) is 27.2 Å². The first kappa shape index (κ1) is 104. The quantitative estimate of drug-likeness (QED) is 0.0205. The summed E-state index contributed by atoms with van der Waals surface area (Å²) in [7, 11) is -9.61. The summed E-state index contributed by atoms with van der Waals surface area (Å²) in [5, 5.41) is 7.74. The van der Waals surface area contributed by atoms with Gasteiger partial charge in [0.25, 0.3) is 23.6 Å². The van der Waals surface area contributed by atoms with Crippen molar-refractivity contribution in [2.45, 2.75) is 120 Å². The van der Waals surface area contributed by atoms with Crippen molar-refractivity contribution in [1.82, 2.24) is 30.7 Å². The van der Waals surface area contributed by atoms with E-state index < -0.39 is 46.2 Å². The molecule has 0 spiro atoms. The van der Waals surface area contributed by atoms with Gasteiger partial charge in [0, 0.05) is 117 Å². The fourth-order valence-electron chi connectivity index (χ4n) is 11.6. The van der Waals surface area contributed by atoms with Crippen molar-refractivity contribution in [2.24, 2.45) is 11.5 Å². The molecule has 8 rings (SSSR count). The first-order valence-corrected chi connectivity index (χ1v) is 43.7. The second kappa shape index (κ2) is 52.3. The van der Waals surface area contributed by atoms with Crippen LogP contribution in [0.1, 0.15) is 147 Å². The molecule has 38 heteroatoms. The average molecular weight is 1770 g/mol. The van der Waals surface area contributed by atoms with Gasteiger partial charge in [0.1, 0.15) is 60.6 Å². The Morgan fingerprint density at radius 3 is 0.949 bits per heavy atom. The number of nitrogens with zero attached hydrogens (tertiary/aromatic N) is 3. The molecule has 118 heavy (non-hydrogen) atoms. The van der Waals surface area contributed by atoms with Crippen molar-refractivity contribution < 1.29 is 116 Å². The fraction of sp³-hybridized carbons (Fsp3) is 0.525. The van der Waals surface area contributed by atoms with Crippen LogP contribution in [-0.2, 0) is 76.0 Å². The van der Waals surface area contributed by atoms with Gasteiger partial charge in [-0.2, -0.15) is 0 Å². The normalized spacial score (nSPS) is 14.4. The molecule has 660 valence electrons. The highest BCUT2D eigenvalue weighted by Gasteiger charge is 2.34. The molecule has 6 amide bonds. The van der Waals surface area contributed by atoms with Gasteiger partial charge in [0.05, 0.1) is 83.4 Å². The lowest BCUT2D eigenvalue weighted by Gasteiger charge is -2.30. The zero-order valence-electron chi connectivity index (χ0n) is 69.3. The Morgan fingerprint density at radius 2 is 0.695 bits per heavy atom. The highest BCUT2D eigenvalue weighted by molar-refractivity contribution is 7.54. The van der Waals surface area contributed by atoms with Crippen LogP contribution in [0.25, 0.3) is 0 Å². The number of hydrogen-bond donors (Lipinski definition) is 5. The molecule has 4 aromatic rings. The summed E-state index contributed by atoms with van der Waals surface area (Å²) in [6.07, 6.45) is 3.50. The van der Waals surface area contributed by atoms with E-state index in [2.05, 4.69) is 16.0 Å². The lowest BCUT2D eigenvalue weighted by Crippen LogP contribution is -2.39. The first-order chi connectivity index (χ1) is 55.2. The molecule has 0 fully saturated rings. The monoisotopic (exact) mass is 1760 g/mol. The summed E-state index contributed by atoms with van der Waals surface area (Å²) in [6.45, 7) is 25.8. The van der Waals surface area contributed by atoms with E-state index in [0.29, 0.717) is 167 Å². The number of halogens is 6. The lowest BCUT2D eigenvalue weighted by molar-refractivity contribution is 0.0520. The number of amides is 6. The zero-order valence-corrected chi connectivity index (χ0v) is 73.6. The standard InChI is InChI=1S/C24H36FN2O7P.2C19H28FN2O5P.C18H23FN2O4.2ClH/c1-6-32-35(30,33-7-2)13-12-27-11-10-19-14-20(8-9-21(19)22(27)28)31-17-18(15-25)16-26-23(29)34-24(3,4)5;2*1-3-26-28(24,27-4-2)10-9-22-8-7-16-11-17(5-6-18(16)19(22)23)25-14-15(12-20)13-21;1-18(2,3)25-17(23)21-10-12(9-19)11-24-14-4-5-15-13(8-14)6-7-20-16(15)22;;/h8-9,14-15H,6-7,10-13,16-17H2,1-5H3,(H,26,29);2*5-6,11-12H,3-4,7-10,13-14,21H2,1-2H3;4-5,8-9H,6-7,10-11H2,1-3H3,(H,20,22)(H,21,23);2*1H/b18-15+;2*15-12+;12-9+;;. The fourth-order valence-corrected chi connectivity index (χ4v) is 16.4. The topological polar surface area (TPSA) is 362 Å². The summed E-state index contributed by atoms with van der Waals surface area (Å²) < 4.78 is 154. The van der Waals surface area contributed by atoms with E-state index in [0.717, 1.165) is 28.7 Å². The smallest absolute Gasteiger partial charge is 0.407 e. The van der Waals surface area contributed by atoms with Gasteiger partial charge in [0.2, 0.25) is 0 Å². The predicted octanol–water partition coefficient (Wildman–Crippen LogP) is 14.6. The molecule has 0 radical (unpaired) electrons. The van der Waals surface area contributed by atoms with Crippen molar-refractivity contribution in [3.05, 3.63) is 165 Å². The average Bonchev–Trinajstić information content (AvgIpc) is 0.808. The molecule has 0 unspecified atom stereocenters. The number of hydrogen-bond acceptors (Lipinski definition) is 23. The van der Waals surface area contributed by atoms with Crippen LogP contribution >= 0.6 is 47.6 Å². The number of ether oxygens (including phenoxy) is 6. The van der Waals surface area contributed by atoms with Crippen LogP contribution in [0.2, 0.25) is 0 Å². The maximum Gasteiger partial charge on any atom is 0.407 e. The molecule has 0 bridgehead atoms. The minimum absolute atomic E-state index is 0. The van der Waals surface area contributed by atoms with Crippen LogP contribution in [-0.4, -0.2) is 218 Å². The number of nitrogens with one attached hydrogen (secondary N) is 3. The van der Waals surface area contributed by atoms with E-state index in [1.54, 1.807) is 171 Å². The van der Waals surface area contributed by atoms with Gasteiger partial charge in [-0.1, -0.05) is 0 Å². The van der Waals surface area contributed by atoms with Crippen LogP contribution in [0.15, 0.2) is 120 Å². The molecule has 0 saturated heterocycles. The first-order valence-electron chi connectivity index (χ1n) is 38.5. The number of alkyl carbamates (subject to hydrolysis) is 2. The number of carbonyl (C=O) groups excluding carboxylic acids is 6. The van der Waals surface area contributed by atoms with Crippen LogP contribution in [0.5, 0.6) is 23.0 Å². The van der Waals surface area contributed by atoms with Gasteiger partial charge in [-0.05, 0) is 204 Å². The third-order valence-electron chi connectivity index (χ3n) is 17.2. The van der Waals surface area contributed by atoms with E-state index in [4.69, 9.17) is 67.0 Å². The van der Waals surface area contributed by atoms with Crippen LogP contribution in [0.4, 0.5) is 27.2 Å². The van der Waals surface area contributed by atoms with Crippen molar-refractivity contribution in [3.8, 4) is 23.0 Å². The van der Waals surface area contributed by atoms with Gasteiger partial charge < -0.3 is 97.7 Å². The Balaban J connectivity index is 0.000000407. The second-order valence-corrected chi connectivity index (χ2v) is 34.8. The van der Waals surface area contributed by atoms with Gasteiger partial charge >= 0.3 is 35.0 Å². The van der Waals surface area contributed by atoms with Gasteiger partial charge in [0.15, 0.2) is 0 Å². The third-order valence-corrected chi connectivity index (χ3v) is 23.3. The Hall–Kier alpha value is -7.87. The molecule has 0 saturated carbocycles. The van der Waals surface area contributed by atoms with E-state index in [-0.39, 0.29) is 150 Å². The maximum absolute atomic E-state index is 13.2. The van der Waals surface area contributed by atoms with Crippen molar-refractivity contribution in [2.75, 3.05) is 157 Å². The van der Waals surface area contributed by atoms with E-state index in [9.17, 15) is 60.0 Å². The number of nitrogens with two attached hydrogens (primary N) is 2. The molecule has 0 aliphatic carbocycles. The molecule has 7 N–H and O–H groups in total. The maximum atomic E-state index is 13.2. The van der Waals surface area contributed by atoms with E-state index >= 15 is 0 Å². The van der Waals surface area contributed by atoms with E-state index in [1.807, 2.05) is 0 Å². The largest absolute Gasteiger partial charge is 0.489 e. The van der Waals surface area contributed by atoms with E-state index in [1.165, 1.54) is 0 Å². The Labute approximate surface area is 702 Å². The summed E-state index contributed by atoms with van der Waals surface area (Å²) in [5.74, 6) is 1.64. The number of carbonyl (C=O) groups is 6. The summed E-state index contributed by atoms with van der Waals surface area (Å²) in [4.78, 5) is 78.4. The molecule has 4 aromatic carbocycles. The highest BCUT2D eigenvalue weighted by Crippen LogP contribution is 2.50. The molecule has 4 aliphatic heterocycles. The second-order valence-electron chi connectivity index (χ2n) is 28.3. The summed E-state index contributed by atoms with van der Waals surface area (Å²) in [6, 6.07) is 20.6. The lowest BCUT2D eigenvalue weighted by atomic mass is 9.99. The summed E-state index contributed by atoms with van der Waals surface area (Å²) >= 11 is 0. The number of rotatable bonds is 39. The highest BCUT2D eigenvalue weighted by atomic mass is 35.5. The van der Waals surface area contributed by atoms with Gasteiger partial charge in [-0.15, -0.1) is 24.8 Å². The molecule has 0 atom stereocenters. The number of benzene rings is 4. The van der Waals surface area contributed by atoms with Crippen LogP contribution in [0.3, 0.4) is 0 Å². The Bertz CT molecular complexity index is 4050. The minimum Gasteiger partial charge on any atom is -0.489 e. The van der Waals surface area contributed by atoms with Crippen molar-refractivity contribution >= 4 is 83.4 Å². The summed E-state index contributed by atoms with van der Waals surface area (Å²) in [5.41, 5.74) is 16.6. The molecular formula is C80H117Cl2F4N8O21P3. The molecule has 4 aliphatic rings. The van der Waals surface area contributed by atoms with Crippen molar-refractivity contribution in [3.63, 3.8) is 0 Å². The van der Waals surface area contributed by atoms with Crippen molar-refractivity contribution in [1.29, 1.82) is 0 Å². The SMILES string of the molecule is CC(C)(C)OC(=O)NC/C(=C\F)COc1ccc2c(c1)CCNC2=O.CCOP(=O)(CCN1CCc2cc(OC/C(=C/F)CN)ccc2C1=O)OCC.CCOP(=O)(CCN1CCc2cc(OC/C(=C/F)CN)ccc2C1=O)OCC.CCOP(=O)(CCN1CCc2cc(OC/C(=C/F)CNC(=O)OC(C)(C)C)ccc2C1=O)OCC.Cl.Cl. The molecule has 0 aromatic heterocycles. The zero-order chi connectivity index (χ0) is 85.7. The van der Waals surface area contributed by atoms with Crippen LogP contribution in [0, 0.1) is 0 Å². The van der Waals surface area contributed by atoms with Gasteiger partial charge in [-0.3, -0.25) is 32.9 Å². The Kier molecular flexibility index (Phi) is 46.3. The predicted molar refractivity (Wildman–Crippen MR) is 448 cm³/mol. The third kappa shape index (κ3) is 35.4. The molecule has 4 heterocycles. The molecular weight excluding hydrogens is 1650 g/mol. The molecule has 29 nitrogen and oxygen atoms in total.